The molecule has 0 aromatic carbocycles. The van der Waals surface area contributed by atoms with Crippen LogP contribution in [0.15, 0.2) is 0 Å². The van der Waals surface area contributed by atoms with Crippen LogP contribution in [0.4, 0.5) is 5.82 Å². The molecule has 0 unspecified atom stereocenters. The van der Waals surface area contributed by atoms with Crippen LogP contribution in [0.3, 0.4) is 0 Å². The van der Waals surface area contributed by atoms with E-state index in [9.17, 15) is 0 Å². The third kappa shape index (κ3) is 1.19. The van der Waals surface area contributed by atoms with E-state index in [1.54, 1.807) is 0 Å². The Morgan fingerprint density at radius 2 is 1.70 bits per heavy atom. The second-order valence-corrected chi connectivity index (χ2v) is 2.43. The van der Waals surface area contributed by atoms with E-state index in [1.807, 2.05) is 13.8 Å². The molecule has 3 nitrogen and oxygen atoms in total. The number of aryl methyl sites for hydroxylation is 2. The maximum atomic E-state index is 5.59. The van der Waals surface area contributed by atoms with Crippen LogP contribution < -0.4 is 5.73 Å². The lowest BCUT2D eigenvalue weighted by molar-refractivity contribution is 1.06. The Bertz CT molecular complexity index is 209. The van der Waals surface area contributed by atoms with Gasteiger partial charge < -0.3 is 5.73 Å². The number of hydrogen-bond acceptors (Lipinski definition) is 3. The lowest BCUT2D eigenvalue weighted by Gasteiger charge is -2.00. The molecule has 0 aliphatic carbocycles. The molecule has 10 heavy (non-hydrogen) atoms. The fraction of sp³-hybridized carbons (Fsp3) is 0.333. The fourth-order valence-corrected chi connectivity index (χ4v) is 0.762. The van der Waals surface area contributed by atoms with E-state index in [2.05, 4.69) is 9.97 Å². The molecule has 0 amide bonds. The van der Waals surface area contributed by atoms with Gasteiger partial charge in [0.1, 0.15) is 0 Å². The molecular formula is C6H8ClN3. The first-order chi connectivity index (χ1) is 4.61. The van der Waals surface area contributed by atoms with Crippen molar-refractivity contribution in [3.05, 3.63) is 16.5 Å². The summed E-state index contributed by atoms with van der Waals surface area (Å²) in [4.78, 5) is 7.91. The van der Waals surface area contributed by atoms with Crippen LogP contribution in [0.2, 0.25) is 5.15 Å². The van der Waals surface area contributed by atoms with Gasteiger partial charge in [0.2, 0.25) is 0 Å². The van der Waals surface area contributed by atoms with Crippen molar-refractivity contribution in [2.24, 2.45) is 0 Å². The smallest absolute Gasteiger partial charge is 0.171 e. The topological polar surface area (TPSA) is 51.8 Å². The molecule has 1 heterocycles. The Balaban J connectivity index is 3.28. The van der Waals surface area contributed by atoms with Crippen molar-refractivity contribution in [3.8, 4) is 0 Å². The van der Waals surface area contributed by atoms with Gasteiger partial charge in [-0.25, -0.2) is 9.97 Å². The number of aromatic nitrogens is 2. The highest BCUT2D eigenvalue weighted by Crippen LogP contribution is 2.13. The van der Waals surface area contributed by atoms with E-state index >= 15 is 0 Å². The van der Waals surface area contributed by atoms with Gasteiger partial charge >= 0.3 is 0 Å². The van der Waals surface area contributed by atoms with Gasteiger partial charge in [-0.15, -0.1) is 0 Å². The van der Waals surface area contributed by atoms with Crippen LogP contribution in [0.5, 0.6) is 0 Å². The first-order valence-electron chi connectivity index (χ1n) is 2.87. The summed E-state index contributed by atoms with van der Waals surface area (Å²) in [6, 6.07) is 0. The number of nitrogens with zero attached hydrogens (tertiary/aromatic N) is 2. The number of hydrogen-bond donors (Lipinski definition) is 1. The molecule has 0 spiro atoms. The molecule has 0 aliphatic rings. The van der Waals surface area contributed by atoms with Gasteiger partial charge in [0.05, 0.1) is 11.4 Å². The minimum atomic E-state index is 0.281. The lowest BCUT2D eigenvalue weighted by Crippen LogP contribution is -1.98. The summed E-state index contributed by atoms with van der Waals surface area (Å²) >= 11 is 5.59. The van der Waals surface area contributed by atoms with E-state index < -0.39 is 0 Å². The molecule has 1 aromatic rings. The third-order valence-electron chi connectivity index (χ3n) is 1.29. The fourth-order valence-electron chi connectivity index (χ4n) is 0.593. The predicted molar refractivity (Wildman–Crippen MR) is 40.9 cm³/mol. The standard InChI is InChI=1S/C6H8ClN3/c1-3-4(2)10-6(8)5(7)9-3/h1-2H3,(H2,8,10). The van der Waals surface area contributed by atoms with Crippen LogP contribution in [0.1, 0.15) is 11.4 Å². The Hall–Kier alpha value is -0.830. The summed E-state index contributed by atoms with van der Waals surface area (Å²) in [6.45, 7) is 3.68. The van der Waals surface area contributed by atoms with Gasteiger partial charge in [-0.2, -0.15) is 0 Å². The van der Waals surface area contributed by atoms with Crippen molar-refractivity contribution in [3.63, 3.8) is 0 Å². The second-order valence-electron chi connectivity index (χ2n) is 2.07. The minimum Gasteiger partial charge on any atom is -0.381 e. The molecule has 0 bridgehead atoms. The van der Waals surface area contributed by atoms with E-state index in [0.29, 0.717) is 5.82 Å². The van der Waals surface area contributed by atoms with Crippen molar-refractivity contribution < 1.29 is 0 Å². The van der Waals surface area contributed by atoms with E-state index in [1.165, 1.54) is 0 Å². The normalized spacial score (nSPS) is 9.90. The van der Waals surface area contributed by atoms with Gasteiger partial charge in [-0.3, -0.25) is 0 Å². The summed E-state index contributed by atoms with van der Waals surface area (Å²) in [7, 11) is 0. The quantitative estimate of drug-likeness (QED) is 0.618. The largest absolute Gasteiger partial charge is 0.381 e. The van der Waals surface area contributed by atoms with Crippen LogP contribution in [0, 0.1) is 13.8 Å². The Morgan fingerprint density at radius 3 is 2.20 bits per heavy atom. The lowest BCUT2D eigenvalue weighted by atomic mass is 10.3. The zero-order valence-electron chi connectivity index (χ0n) is 5.85. The monoisotopic (exact) mass is 157 g/mol. The number of anilines is 1. The highest BCUT2D eigenvalue weighted by Gasteiger charge is 2.01. The minimum absolute atomic E-state index is 0.281. The molecule has 0 aliphatic heterocycles. The Morgan fingerprint density at radius 1 is 1.20 bits per heavy atom. The average Bonchev–Trinajstić information content (AvgIpc) is 1.84. The maximum Gasteiger partial charge on any atom is 0.171 e. The third-order valence-corrected chi connectivity index (χ3v) is 1.57. The average molecular weight is 158 g/mol. The number of nitrogen functional groups attached to an aromatic ring is 1. The molecule has 1 rings (SSSR count). The Labute approximate surface area is 64.2 Å². The zero-order chi connectivity index (χ0) is 7.72. The summed E-state index contributed by atoms with van der Waals surface area (Å²) in [5.41, 5.74) is 7.02. The van der Waals surface area contributed by atoms with Gasteiger partial charge in [-0.1, -0.05) is 11.6 Å². The predicted octanol–water partition coefficient (Wildman–Crippen LogP) is 1.33. The van der Waals surface area contributed by atoms with Gasteiger partial charge in [0.25, 0.3) is 0 Å². The number of halogens is 1. The van der Waals surface area contributed by atoms with Gasteiger partial charge in [-0.05, 0) is 13.8 Å². The highest BCUT2D eigenvalue weighted by atomic mass is 35.5. The van der Waals surface area contributed by atoms with E-state index in [0.717, 1.165) is 11.4 Å². The molecule has 0 saturated carbocycles. The SMILES string of the molecule is Cc1nc(N)c(Cl)nc1C. The summed E-state index contributed by atoms with van der Waals surface area (Å²) in [6.07, 6.45) is 0. The van der Waals surface area contributed by atoms with Crippen LogP contribution >= 0.6 is 11.6 Å². The van der Waals surface area contributed by atoms with Gasteiger partial charge in [0.15, 0.2) is 11.0 Å². The van der Waals surface area contributed by atoms with Gasteiger partial charge in [0, 0.05) is 0 Å². The summed E-state index contributed by atoms with van der Waals surface area (Å²) in [5, 5.41) is 0.281. The molecule has 1 aromatic heterocycles. The van der Waals surface area contributed by atoms with Crippen LogP contribution in [0.25, 0.3) is 0 Å². The van der Waals surface area contributed by atoms with Crippen molar-refractivity contribution in [2.45, 2.75) is 13.8 Å². The van der Waals surface area contributed by atoms with Crippen molar-refractivity contribution in [1.82, 2.24) is 9.97 Å². The summed E-state index contributed by atoms with van der Waals surface area (Å²) < 4.78 is 0. The Kier molecular flexibility index (Phi) is 1.76. The van der Waals surface area contributed by atoms with E-state index in [-0.39, 0.29) is 5.15 Å². The van der Waals surface area contributed by atoms with E-state index in [4.69, 9.17) is 17.3 Å². The molecule has 0 atom stereocenters. The molecule has 4 heteroatoms. The molecule has 2 N–H and O–H groups in total. The second kappa shape index (κ2) is 2.42. The molecule has 0 radical (unpaired) electrons. The molecular weight excluding hydrogens is 150 g/mol. The number of nitrogens with two attached hydrogens (primary N) is 1. The highest BCUT2D eigenvalue weighted by molar-refractivity contribution is 6.31. The molecule has 54 valence electrons. The first-order valence-corrected chi connectivity index (χ1v) is 3.25. The molecule has 0 saturated heterocycles. The van der Waals surface area contributed by atoms with Crippen molar-refractivity contribution >= 4 is 17.4 Å². The first kappa shape index (κ1) is 7.28. The van der Waals surface area contributed by atoms with Crippen molar-refractivity contribution in [1.29, 1.82) is 0 Å². The van der Waals surface area contributed by atoms with Crippen LogP contribution in [-0.2, 0) is 0 Å². The van der Waals surface area contributed by atoms with Crippen molar-refractivity contribution in [2.75, 3.05) is 5.73 Å². The summed E-state index contributed by atoms with van der Waals surface area (Å²) in [5.74, 6) is 0.296. The zero-order valence-corrected chi connectivity index (χ0v) is 6.61. The molecule has 0 fully saturated rings. The number of rotatable bonds is 0. The maximum absolute atomic E-state index is 5.59. The van der Waals surface area contributed by atoms with Crippen LogP contribution in [-0.4, -0.2) is 9.97 Å².